The highest BCUT2D eigenvalue weighted by Gasteiger charge is 2.30. The zero-order valence-corrected chi connectivity index (χ0v) is 21.0. The Hall–Kier alpha value is -3.82. The summed E-state index contributed by atoms with van der Waals surface area (Å²) >= 11 is 0.814. The van der Waals surface area contributed by atoms with Gasteiger partial charge < -0.3 is 20.4 Å². The first-order valence-electron chi connectivity index (χ1n) is 10.4. The number of benzene rings is 2. The van der Waals surface area contributed by atoms with Gasteiger partial charge in [0.25, 0.3) is 0 Å². The van der Waals surface area contributed by atoms with Crippen molar-refractivity contribution in [1.82, 2.24) is 14.5 Å². The number of halogens is 6. The van der Waals surface area contributed by atoms with E-state index in [0.717, 1.165) is 40.2 Å². The molecule has 0 saturated carbocycles. The third kappa shape index (κ3) is 6.12. The SMILES string of the molecule is Cn1c(Nc2ccc(C(F)(F)F)cc2)nc2cc(Oc3ccnc(C(=N)N=C(N)C(F)(F)I)c3)ccc21. The lowest BCUT2D eigenvalue weighted by Gasteiger charge is -2.09. The molecule has 2 aromatic carbocycles. The van der Waals surface area contributed by atoms with Crippen LogP contribution in [-0.2, 0) is 13.2 Å². The summed E-state index contributed by atoms with van der Waals surface area (Å²) in [5.74, 6) is -0.527. The number of hydrogen-bond donors (Lipinski definition) is 3. The van der Waals surface area contributed by atoms with Crippen molar-refractivity contribution >= 4 is 56.9 Å². The molecule has 4 rings (SSSR count). The topological polar surface area (TPSA) is 114 Å². The van der Waals surface area contributed by atoms with Crippen LogP contribution in [-0.4, -0.2) is 30.1 Å². The minimum atomic E-state index is -4.42. The highest BCUT2D eigenvalue weighted by molar-refractivity contribution is 14.1. The van der Waals surface area contributed by atoms with Gasteiger partial charge in [0.2, 0.25) is 5.95 Å². The molecule has 192 valence electrons. The van der Waals surface area contributed by atoms with E-state index in [1.54, 1.807) is 29.8 Å². The van der Waals surface area contributed by atoms with Crippen molar-refractivity contribution < 1.29 is 26.7 Å². The van der Waals surface area contributed by atoms with Gasteiger partial charge in [0.05, 0.1) is 16.6 Å². The van der Waals surface area contributed by atoms with Crippen molar-refractivity contribution in [2.75, 3.05) is 5.32 Å². The molecule has 0 atom stereocenters. The van der Waals surface area contributed by atoms with E-state index < -0.39 is 27.3 Å². The van der Waals surface area contributed by atoms with Crippen molar-refractivity contribution in [2.24, 2.45) is 17.8 Å². The van der Waals surface area contributed by atoms with Crippen molar-refractivity contribution in [1.29, 1.82) is 5.41 Å². The summed E-state index contributed by atoms with van der Waals surface area (Å²) in [6.07, 6.45) is -3.09. The van der Waals surface area contributed by atoms with Crippen LogP contribution >= 0.6 is 22.6 Å². The molecule has 0 radical (unpaired) electrons. The number of pyridine rings is 1. The van der Waals surface area contributed by atoms with E-state index in [0.29, 0.717) is 22.9 Å². The van der Waals surface area contributed by atoms with Crippen LogP contribution in [0.25, 0.3) is 11.0 Å². The second-order valence-corrected chi connectivity index (χ2v) is 9.02. The first-order chi connectivity index (χ1) is 17.3. The largest absolute Gasteiger partial charge is 0.457 e. The van der Waals surface area contributed by atoms with Crippen LogP contribution < -0.4 is 15.8 Å². The number of aryl methyl sites for hydroxylation is 1. The molecule has 0 aliphatic heterocycles. The molecule has 37 heavy (non-hydrogen) atoms. The predicted molar refractivity (Wildman–Crippen MR) is 137 cm³/mol. The quantitative estimate of drug-likeness (QED) is 0.0770. The van der Waals surface area contributed by atoms with Gasteiger partial charge in [0, 0.05) is 53.7 Å². The maximum Gasteiger partial charge on any atom is 0.416 e. The molecule has 0 fully saturated rings. The van der Waals surface area contributed by atoms with Gasteiger partial charge in [-0.2, -0.15) is 22.0 Å². The molecule has 0 aliphatic rings. The first-order valence-corrected chi connectivity index (χ1v) is 11.4. The normalized spacial score (nSPS) is 12.6. The van der Waals surface area contributed by atoms with Crippen LogP contribution in [0.2, 0.25) is 0 Å². The van der Waals surface area contributed by atoms with Crippen LogP contribution in [0.3, 0.4) is 0 Å². The Morgan fingerprint density at radius 3 is 2.38 bits per heavy atom. The molecule has 2 heterocycles. The number of nitrogens with two attached hydrogens (primary N) is 1. The average Bonchev–Trinajstić information content (AvgIpc) is 3.12. The first kappa shape index (κ1) is 26.2. The molecule has 8 nitrogen and oxygen atoms in total. The molecule has 0 bridgehead atoms. The number of anilines is 2. The summed E-state index contributed by atoms with van der Waals surface area (Å²) in [5, 5.41) is 10.9. The molecule has 0 spiro atoms. The Morgan fingerprint density at radius 1 is 1.05 bits per heavy atom. The number of alkyl halides is 6. The number of imidazole rings is 1. The summed E-state index contributed by atoms with van der Waals surface area (Å²) in [6, 6.07) is 12.5. The number of ether oxygens (including phenoxy) is 1. The van der Waals surface area contributed by atoms with Crippen molar-refractivity contribution in [3.05, 3.63) is 72.1 Å². The van der Waals surface area contributed by atoms with Gasteiger partial charge in [0.1, 0.15) is 17.2 Å². The minimum Gasteiger partial charge on any atom is -0.457 e. The molecule has 4 aromatic rings. The minimum absolute atomic E-state index is 0.0250. The van der Waals surface area contributed by atoms with E-state index in [-0.39, 0.29) is 11.4 Å². The monoisotopic (exact) mass is 629 g/mol. The molecule has 4 N–H and O–H groups in total. The highest BCUT2D eigenvalue weighted by Crippen LogP contribution is 2.31. The maximum atomic E-state index is 13.2. The fourth-order valence-corrected chi connectivity index (χ4v) is 3.33. The molecule has 0 aliphatic carbocycles. The number of nitrogens with zero attached hydrogens (tertiary/aromatic N) is 4. The second-order valence-electron chi connectivity index (χ2n) is 7.67. The Morgan fingerprint density at radius 2 is 1.73 bits per heavy atom. The van der Waals surface area contributed by atoms with Crippen molar-refractivity contribution in [3.63, 3.8) is 0 Å². The smallest absolute Gasteiger partial charge is 0.416 e. The van der Waals surface area contributed by atoms with Crippen LogP contribution in [0.15, 0.2) is 65.8 Å². The summed E-state index contributed by atoms with van der Waals surface area (Å²) in [6.45, 7) is 0. The van der Waals surface area contributed by atoms with Gasteiger partial charge >= 0.3 is 10.1 Å². The molecule has 2 aromatic heterocycles. The van der Waals surface area contributed by atoms with Gasteiger partial charge in [-0.05, 0) is 42.5 Å². The summed E-state index contributed by atoms with van der Waals surface area (Å²) in [4.78, 5) is 11.8. The molecule has 0 unspecified atom stereocenters. The van der Waals surface area contributed by atoms with Gasteiger partial charge in [-0.3, -0.25) is 10.4 Å². The number of nitrogens with one attached hydrogen (secondary N) is 2. The van der Waals surface area contributed by atoms with Gasteiger partial charge in [0.15, 0.2) is 11.7 Å². The Balaban J connectivity index is 1.53. The fourth-order valence-electron chi connectivity index (χ4n) is 3.21. The lowest BCUT2D eigenvalue weighted by molar-refractivity contribution is -0.137. The Labute approximate surface area is 220 Å². The predicted octanol–water partition coefficient (Wildman–Crippen LogP) is 6.23. The Bertz CT molecular complexity index is 1490. The summed E-state index contributed by atoms with van der Waals surface area (Å²) < 4.78 is 69.0. The number of amidine groups is 2. The van der Waals surface area contributed by atoms with Gasteiger partial charge in [-0.25, -0.2) is 9.98 Å². The summed E-state index contributed by atoms with van der Waals surface area (Å²) in [5.41, 5.74) is 6.14. The van der Waals surface area contributed by atoms with E-state index in [2.05, 4.69) is 20.3 Å². The van der Waals surface area contributed by atoms with E-state index in [1.807, 2.05) is 0 Å². The second kappa shape index (κ2) is 9.91. The number of rotatable bonds is 6. The van der Waals surface area contributed by atoms with Gasteiger partial charge in [-0.15, -0.1) is 0 Å². The standard InChI is InChI=1S/C23H17F5IN7O/c1-36-18-7-6-14(37-15-8-9-32-17(11-15)19(30)35-20(31)23(27,28)29)10-16(18)34-21(36)33-13-4-2-12(3-5-13)22(24,25)26/h2-11H,1H3,(H,33,34)(H3,30,31,35). The number of aromatic nitrogens is 3. The van der Waals surface area contributed by atoms with Crippen LogP contribution in [0.5, 0.6) is 11.5 Å². The highest BCUT2D eigenvalue weighted by atomic mass is 127. The molecular formula is C23H17F5IN7O. The zero-order chi connectivity index (χ0) is 27.0. The third-order valence-corrected chi connectivity index (χ3v) is 5.61. The van der Waals surface area contributed by atoms with E-state index in [4.69, 9.17) is 15.9 Å². The fraction of sp³-hybridized carbons (Fsp3) is 0.130. The number of fused-ring (bicyclic) bond motifs is 1. The molecule has 0 saturated heterocycles. The van der Waals surface area contributed by atoms with E-state index in [1.165, 1.54) is 30.5 Å². The maximum absolute atomic E-state index is 13.2. The van der Waals surface area contributed by atoms with Gasteiger partial charge in [-0.1, -0.05) is 0 Å². The van der Waals surface area contributed by atoms with E-state index >= 15 is 0 Å². The molecule has 14 heteroatoms. The zero-order valence-electron chi connectivity index (χ0n) is 18.8. The number of hydrogen-bond acceptors (Lipinski definition) is 5. The summed E-state index contributed by atoms with van der Waals surface area (Å²) in [7, 11) is 1.74. The third-order valence-electron chi connectivity index (χ3n) is 5.05. The lowest BCUT2D eigenvalue weighted by Crippen LogP contribution is -2.30. The van der Waals surface area contributed by atoms with Crippen LogP contribution in [0.1, 0.15) is 11.3 Å². The molecule has 0 amide bonds. The molecular weight excluding hydrogens is 612 g/mol. The van der Waals surface area contributed by atoms with Crippen LogP contribution in [0.4, 0.5) is 33.6 Å². The van der Waals surface area contributed by atoms with Crippen molar-refractivity contribution in [3.8, 4) is 11.5 Å². The Kier molecular flexibility index (Phi) is 7.03. The van der Waals surface area contributed by atoms with Crippen molar-refractivity contribution in [2.45, 2.75) is 10.1 Å². The van der Waals surface area contributed by atoms with Crippen LogP contribution in [0, 0.1) is 5.41 Å². The lowest BCUT2D eigenvalue weighted by atomic mass is 10.2. The van der Waals surface area contributed by atoms with E-state index in [9.17, 15) is 22.0 Å². The number of aliphatic imine (C=N–C) groups is 1. The average molecular weight is 629 g/mol.